The summed E-state index contributed by atoms with van der Waals surface area (Å²) in [6.07, 6.45) is -0.0987. The molecule has 0 aromatic heterocycles. The van der Waals surface area contributed by atoms with E-state index >= 15 is 0 Å². The number of amides is 1. The highest BCUT2D eigenvalue weighted by atomic mass is 32.2. The molecule has 6 nitrogen and oxygen atoms in total. The Morgan fingerprint density at radius 3 is 2.17 bits per heavy atom. The third kappa shape index (κ3) is 5.33. The van der Waals surface area contributed by atoms with Crippen LogP contribution in [0, 0.1) is 5.92 Å². The molecule has 0 saturated heterocycles. The molecule has 24 heavy (non-hydrogen) atoms. The second-order valence-corrected chi connectivity index (χ2v) is 8.69. The van der Waals surface area contributed by atoms with Crippen molar-refractivity contribution in [3.05, 3.63) is 29.8 Å². The molecule has 0 fully saturated rings. The Morgan fingerprint density at radius 1 is 1.21 bits per heavy atom. The smallest absolute Gasteiger partial charge is 0.305 e. The van der Waals surface area contributed by atoms with Gasteiger partial charge in [0, 0.05) is 5.54 Å². The Balaban J connectivity index is 2.82. The molecule has 1 amide bonds. The average molecular weight is 355 g/mol. The van der Waals surface area contributed by atoms with Gasteiger partial charge in [-0.3, -0.25) is 9.59 Å². The SMILES string of the molecule is CCS(=O)(=O)c1ccc(CC(=O)NC(C)(CC(=O)O)C(C)C)cc1. The quantitative estimate of drug-likeness (QED) is 0.743. The zero-order valence-electron chi connectivity index (χ0n) is 14.5. The van der Waals surface area contributed by atoms with Crippen molar-refractivity contribution in [1.29, 1.82) is 0 Å². The molecule has 1 aromatic rings. The monoisotopic (exact) mass is 355 g/mol. The molecule has 0 aliphatic carbocycles. The van der Waals surface area contributed by atoms with Gasteiger partial charge >= 0.3 is 5.97 Å². The number of hydrogen-bond donors (Lipinski definition) is 2. The largest absolute Gasteiger partial charge is 0.481 e. The second-order valence-electron chi connectivity index (χ2n) is 6.42. The molecule has 1 unspecified atom stereocenters. The maximum absolute atomic E-state index is 12.2. The van der Waals surface area contributed by atoms with E-state index in [1.807, 2.05) is 13.8 Å². The van der Waals surface area contributed by atoms with E-state index in [2.05, 4.69) is 5.32 Å². The molecule has 1 aromatic carbocycles. The molecular formula is C17H25NO5S. The first-order chi connectivity index (χ1) is 11.0. The first-order valence-corrected chi connectivity index (χ1v) is 9.50. The van der Waals surface area contributed by atoms with E-state index < -0.39 is 21.3 Å². The molecule has 2 N–H and O–H groups in total. The number of sulfone groups is 1. The maximum atomic E-state index is 12.2. The van der Waals surface area contributed by atoms with Crippen LogP contribution in [0.2, 0.25) is 0 Å². The van der Waals surface area contributed by atoms with Crippen LogP contribution in [-0.2, 0) is 25.8 Å². The highest BCUT2D eigenvalue weighted by Gasteiger charge is 2.32. The minimum atomic E-state index is -3.26. The van der Waals surface area contributed by atoms with Gasteiger partial charge in [-0.2, -0.15) is 0 Å². The Kier molecular flexibility index (Phi) is 6.54. The number of benzene rings is 1. The van der Waals surface area contributed by atoms with Gasteiger partial charge in [0.1, 0.15) is 0 Å². The summed E-state index contributed by atoms with van der Waals surface area (Å²) in [6, 6.07) is 6.18. The molecule has 134 valence electrons. The van der Waals surface area contributed by atoms with E-state index in [1.165, 1.54) is 12.1 Å². The van der Waals surface area contributed by atoms with Crippen molar-refractivity contribution < 1.29 is 23.1 Å². The summed E-state index contributed by atoms with van der Waals surface area (Å²) >= 11 is 0. The van der Waals surface area contributed by atoms with Crippen molar-refractivity contribution in [3.63, 3.8) is 0 Å². The standard InChI is InChI=1S/C17H25NO5S/c1-5-24(22,23)14-8-6-13(7-9-14)10-15(19)18-17(4,12(2)3)11-16(20)21/h6-9,12H,5,10-11H2,1-4H3,(H,18,19)(H,20,21). The number of carbonyl (C=O) groups is 2. The number of aliphatic carboxylic acids is 1. The number of nitrogens with one attached hydrogen (secondary N) is 1. The molecule has 0 radical (unpaired) electrons. The summed E-state index contributed by atoms with van der Waals surface area (Å²) in [6.45, 7) is 6.99. The lowest BCUT2D eigenvalue weighted by molar-refractivity contribution is -0.139. The molecule has 0 saturated carbocycles. The molecular weight excluding hydrogens is 330 g/mol. The first-order valence-electron chi connectivity index (χ1n) is 7.84. The molecule has 0 bridgehead atoms. The zero-order valence-corrected chi connectivity index (χ0v) is 15.3. The fourth-order valence-corrected chi connectivity index (χ4v) is 3.12. The summed E-state index contributed by atoms with van der Waals surface area (Å²) < 4.78 is 23.5. The maximum Gasteiger partial charge on any atom is 0.305 e. The molecule has 7 heteroatoms. The van der Waals surface area contributed by atoms with Gasteiger partial charge in [-0.05, 0) is 30.5 Å². The van der Waals surface area contributed by atoms with E-state index in [0.29, 0.717) is 5.56 Å². The van der Waals surface area contributed by atoms with E-state index in [9.17, 15) is 18.0 Å². The lowest BCUT2D eigenvalue weighted by Gasteiger charge is -2.33. The minimum absolute atomic E-state index is 0.0226. The van der Waals surface area contributed by atoms with Gasteiger partial charge in [0.25, 0.3) is 0 Å². The Hall–Kier alpha value is -1.89. The third-order valence-corrected chi connectivity index (χ3v) is 6.00. The number of carboxylic acids is 1. The van der Waals surface area contributed by atoms with Crippen LogP contribution >= 0.6 is 0 Å². The highest BCUT2D eigenvalue weighted by Crippen LogP contribution is 2.21. The Bertz CT molecular complexity index is 694. The van der Waals surface area contributed by atoms with Crippen molar-refractivity contribution >= 4 is 21.7 Å². The molecule has 0 heterocycles. The number of hydrogen-bond acceptors (Lipinski definition) is 4. The van der Waals surface area contributed by atoms with Gasteiger partial charge in [-0.1, -0.05) is 32.9 Å². The topological polar surface area (TPSA) is 101 Å². The predicted molar refractivity (Wildman–Crippen MR) is 91.5 cm³/mol. The Labute approximate surface area is 143 Å². The predicted octanol–water partition coefficient (Wildman–Crippen LogP) is 2.03. The molecule has 1 atom stereocenters. The fourth-order valence-electron chi connectivity index (χ4n) is 2.24. The third-order valence-electron chi connectivity index (χ3n) is 4.24. The van der Waals surface area contributed by atoms with Gasteiger partial charge in [-0.25, -0.2) is 8.42 Å². The normalized spacial score (nSPS) is 14.2. The van der Waals surface area contributed by atoms with Gasteiger partial charge in [0.2, 0.25) is 5.91 Å². The number of carbonyl (C=O) groups excluding carboxylic acids is 1. The summed E-state index contributed by atoms with van der Waals surface area (Å²) in [7, 11) is -3.26. The molecule has 0 aliphatic heterocycles. The minimum Gasteiger partial charge on any atom is -0.481 e. The fraction of sp³-hybridized carbons (Fsp3) is 0.529. The Morgan fingerprint density at radius 2 is 1.75 bits per heavy atom. The summed E-state index contributed by atoms with van der Waals surface area (Å²) in [5, 5.41) is 11.8. The van der Waals surface area contributed by atoms with E-state index in [4.69, 9.17) is 5.11 Å². The van der Waals surface area contributed by atoms with Crippen molar-refractivity contribution in [2.45, 2.75) is 51.0 Å². The number of carboxylic acid groups (broad SMARTS) is 1. The summed E-state index contributed by atoms with van der Waals surface area (Å²) in [5.74, 6) is -1.29. The van der Waals surface area contributed by atoms with Gasteiger partial charge < -0.3 is 10.4 Å². The lowest BCUT2D eigenvalue weighted by atomic mass is 9.85. The molecule has 0 spiro atoms. The van der Waals surface area contributed by atoms with Crippen LogP contribution in [0.4, 0.5) is 0 Å². The van der Waals surface area contributed by atoms with Crippen molar-refractivity contribution in [2.24, 2.45) is 5.92 Å². The second kappa shape index (κ2) is 7.79. The molecule has 0 aliphatic rings. The molecule has 1 rings (SSSR count). The van der Waals surface area contributed by atoms with Crippen molar-refractivity contribution in [2.75, 3.05) is 5.75 Å². The zero-order chi connectivity index (χ0) is 18.5. The van der Waals surface area contributed by atoms with E-state index in [-0.39, 0.29) is 35.3 Å². The van der Waals surface area contributed by atoms with Crippen LogP contribution in [0.25, 0.3) is 0 Å². The van der Waals surface area contributed by atoms with Crippen LogP contribution in [0.5, 0.6) is 0 Å². The van der Waals surface area contributed by atoms with Crippen LogP contribution in [0.3, 0.4) is 0 Å². The van der Waals surface area contributed by atoms with E-state index in [1.54, 1.807) is 26.0 Å². The lowest BCUT2D eigenvalue weighted by Crippen LogP contribution is -2.51. The van der Waals surface area contributed by atoms with E-state index in [0.717, 1.165) is 0 Å². The van der Waals surface area contributed by atoms with Gasteiger partial charge in [0.15, 0.2) is 9.84 Å². The van der Waals surface area contributed by atoms with Gasteiger partial charge in [-0.15, -0.1) is 0 Å². The summed E-state index contributed by atoms with van der Waals surface area (Å²) in [5.41, 5.74) is -0.169. The van der Waals surface area contributed by atoms with Crippen LogP contribution in [-0.4, -0.2) is 36.7 Å². The number of rotatable bonds is 8. The van der Waals surface area contributed by atoms with Crippen molar-refractivity contribution in [1.82, 2.24) is 5.32 Å². The van der Waals surface area contributed by atoms with Gasteiger partial charge in [0.05, 0.1) is 23.5 Å². The summed E-state index contributed by atoms with van der Waals surface area (Å²) in [4.78, 5) is 23.5. The van der Waals surface area contributed by atoms with Crippen LogP contribution in [0.1, 0.15) is 39.7 Å². The van der Waals surface area contributed by atoms with Crippen LogP contribution < -0.4 is 5.32 Å². The average Bonchev–Trinajstić information content (AvgIpc) is 2.46. The van der Waals surface area contributed by atoms with Crippen molar-refractivity contribution in [3.8, 4) is 0 Å². The first kappa shape index (κ1) is 20.2. The highest BCUT2D eigenvalue weighted by molar-refractivity contribution is 7.91. The van der Waals surface area contributed by atoms with Crippen LogP contribution in [0.15, 0.2) is 29.2 Å².